The summed E-state index contributed by atoms with van der Waals surface area (Å²) < 4.78 is 27.7. The van der Waals surface area contributed by atoms with Crippen LogP contribution >= 0.6 is 0 Å². The maximum atomic E-state index is 11.6. The van der Waals surface area contributed by atoms with Gasteiger partial charge >= 0.3 is 5.97 Å². The van der Waals surface area contributed by atoms with Gasteiger partial charge in [-0.1, -0.05) is 12.2 Å². The average molecular weight is 273 g/mol. The second-order valence-electron chi connectivity index (χ2n) is 4.77. The monoisotopic (exact) mass is 273 g/mol. The van der Waals surface area contributed by atoms with Gasteiger partial charge in [0.15, 0.2) is 9.84 Å². The Balaban J connectivity index is 1.64. The first-order valence-electron chi connectivity index (χ1n) is 6.33. The molecule has 1 fully saturated rings. The van der Waals surface area contributed by atoms with Gasteiger partial charge < -0.3 is 4.74 Å². The molecule has 1 unspecified atom stereocenters. The van der Waals surface area contributed by atoms with E-state index in [9.17, 15) is 13.2 Å². The molecule has 0 bridgehead atoms. The molecular weight excluding hydrogens is 254 g/mol. The maximum Gasteiger partial charge on any atom is 0.312 e. The Morgan fingerprint density at radius 3 is 2.67 bits per heavy atom. The number of esters is 1. The van der Waals surface area contributed by atoms with Crippen LogP contribution < -0.4 is 0 Å². The van der Waals surface area contributed by atoms with Gasteiger partial charge in [-0.2, -0.15) is 0 Å². The summed E-state index contributed by atoms with van der Waals surface area (Å²) in [4.78, 5) is 13.6. The zero-order chi connectivity index (χ0) is 13.0. The summed E-state index contributed by atoms with van der Waals surface area (Å²) in [6.07, 6.45) is 5.70. The van der Waals surface area contributed by atoms with E-state index in [-0.39, 0.29) is 23.4 Å². The van der Waals surface area contributed by atoms with Crippen LogP contribution in [0.3, 0.4) is 0 Å². The minimum absolute atomic E-state index is 0.0771. The summed E-state index contributed by atoms with van der Waals surface area (Å²) in [5.41, 5.74) is 0. The minimum Gasteiger partial charge on any atom is -0.464 e. The summed E-state index contributed by atoms with van der Waals surface area (Å²) >= 11 is 0. The average Bonchev–Trinajstić information content (AvgIpc) is 2.85. The van der Waals surface area contributed by atoms with E-state index >= 15 is 0 Å². The lowest BCUT2D eigenvalue weighted by Crippen LogP contribution is -2.42. The van der Waals surface area contributed by atoms with E-state index in [4.69, 9.17) is 4.74 Å². The van der Waals surface area contributed by atoms with E-state index in [1.807, 2.05) is 17.1 Å². The van der Waals surface area contributed by atoms with Crippen molar-refractivity contribution < 1.29 is 17.9 Å². The number of rotatable bonds is 4. The molecule has 0 N–H and O–H groups in total. The van der Waals surface area contributed by atoms with Gasteiger partial charge in [0, 0.05) is 19.6 Å². The molecule has 18 heavy (non-hydrogen) atoms. The van der Waals surface area contributed by atoms with Crippen molar-refractivity contribution in [2.75, 3.05) is 37.7 Å². The summed E-state index contributed by atoms with van der Waals surface area (Å²) in [6, 6.07) is 0. The minimum atomic E-state index is -2.83. The molecular formula is C12H19NO4S. The number of allylic oxidation sites excluding steroid dienone is 1. The van der Waals surface area contributed by atoms with Crippen LogP contribution in [0, 0.1) is 5.92 Å². The molecule has 2 rings (SSSR count). The van der Waals surface area contributed by atoms with Crippen LogP contribution in [-0.2, 0) is 19.4 Å². The van der Waals surface area contributed by atoms with Crippen LogP contribution in [0.1, 0.15) is 12.8 Å². The van der Waals surface area contributed by atoms with Gasteiger partial charge in [-0.15, -0.1) is 0 Å². The molecule has 1 aliphatic carbocycles. The first-order valence-corrected chi connectivity index (χ1v) is 8.15. The molecule has 5 nitrogen and oxygen atoms in total. The van der Waals surface area contributed by atoms with E-state index in [0.717, 1.165) is 12.8 Å². The predicted molar refractivity (Wildman–Crippen MR) is 67.9 cm³/mol. The Morgan fingerprint density at radius 2 is 2.06 bits per heavy atom. The second-order valence-corrected chi connectivity index (χ2v) is 7.08. The smallest absolute Gasteiger partial charge is 0.312 e. The number of ether oxygens (including phenoxy) is 1. The third-order valence-corrected chi connectivity index (χ3v) is 5.01. The Hall–Kier alpha value is -0.880. The summed E-state index contributed by atoms with van der Waals surface area (Å²) in [7, 11) is -2.83. The Kier molecular flexibility index (Phi) is 4.40. The maximum absolute atomic E-state index is 11.6. The highest BCUT2D eigenvalue weighted by atomic mass is 32.2. The van der Waals surface area contributed by atoms with Gasteiger partial charge in [0.1, 0.15) is 6.61 Å². The van der Waals surface area contributed by atoms with Crippen molar-refractivity contribution >= 4 is 15.8 Å². The van der Waals surface area contributed by atoms with Gasteiger partial charge in [0.25, 0.3) is 0 Å². The first kappa shape index (κ1) is 13.5. The molecule has 0 saturated carbocycles. The zero-order valence-electron chi connectivity index (χ0n) is 10.4. The predicted octanol–water partition coefficient (Wildman–Crippen LogP) is 0.226. The molecule has 2 aliphatic rings. The lowest BCUT2D eigenvalue weighted by molar-refractivity contribution is -0.147. The quantitative estimate of drug-likeness (QED) is 0.542. The molecule has 6 heteroatoms. The Bertz CT molecular complexity index is 415. The summed E-state index contributed by atoms with van der Waals surface area (Å²) in [5.74, 6) is 0.193. The van der Waals surface area contributed by atoms with E-state index in [2.05, 4.69) is 0 Å². The van der Waals surface area contributed by atoms with Crippen molar-refractivity contribution in [2.24, 2.45) is 5.92 Å². The standard InChI is InChI=1S/C12H19NO4S/c14-12(11-3-1-2-4-11)17-8-5-13-6-9-18(15,16)10-7-13/h1,3,11H,2,4-10H2. The van der Waals surface area contributed by atoms with Crippen molar-refractivity contribution in [3.63, 3.8) is 0 Å². The van der Waals surface area contributed by atoms with Gasteiger partial charge in [-0.05, 0) is 12.8 Å². The SMILES string of the molecule is O=C(OCCN1CCS(=O)(=O)CC1)C1C=CCC1. The largest absolute Gasteiger partial charge is 0.464 e. The van der Waals surface area contributed by atoms with Crippen molar-refractivity contribution in [3.8, 4) is 0 Å². The van der Waals surface area contributed by atoms with Crippen molar-refractivity contribution in [3.05, 3.63) is 12.2 Å². The van der Waals surface area contributed by atoms with E-state index in [1.54, 1.807) is 0 Å². The van der Waals surface area contributed by atoms with Crippen LogP contribution in [0.4, 0.5) is 0 Å². The fourth-order valence-corrected chi connectivity index (χ4v) is 3.46. The first-order chi connectivity index (χ1) is 8.57. The summed E-state index contributed by atoms with van der Waals surface area (Å²) in [6.45, 7) is 2.06. The molecule has 1 atom stereocenters. The van der Waals surface area contributed by atoms with Gasteiger partial charge in [-0.3, -0.25) is 9.69 Å². The van der Waals surface area contributed by atoms with Crippen LogP contribution in [-0.4, -0.2) is 57.0 Å². The van der Waals surface area contributed by atoms with E-state index in [1.165, 1.54) is 0 Å². The fraction of sp³-hybridized carbons (Fsp3) is 0.750. The van der Waals surface area contributed by atoms with Crippen molar-refractivity contribution in [2.45, 2.75) is 12.8 Å². The lowest BCUT2D eigenvalue weighted by Gasteiger charge is -2.26. The number of carbonyl (C=O) groups excluding carboxylic acids is 1. The number of sulfone groups is 1. The number of carbonyl (C=O) groups is 1. The molecule has 1 aliphatic heterocycles. The molecule has 0 aromatic heterocycles. The van der Waals surface area contributed by atoms with E-state index < -0.39 is 9.84 Å². The van der Waals surface area contributed by atoms with E-state index in [0.29, 0.717) is 26.2 Å². The molecule has 1 heterocycles. The van der Waals surface area contributed by atoms with Crippen molar-refractivity contribution in [1.29, 1.82) is 0 Å². The third kappa shape index (κ3) is 3.81. The van der Waals surface area contributed by atoms with Crippen LogP contribution in [0.25, 0.3) is 0 Å². The Labute approximate surface area is 108 Å². The lowest BCUT2D eigenvalue weighted by atomic mass is 10.1. The Morgan fingerprint density at radius 1 is 1.33 bits per heavy atom. The van der Waals surface area contributed by atoms with Gasteiger partial charge in [-0.25, -0.2) is 8.42 Å². The molecule has 0 aromatic rings. The van der Waals surface area contributed by atoms with Crippen molar-refractivity contribution in [1.82, 2.24) is 4.90 Å². The molecule has 0 spiro atoms. The highest BCUT2D eigenvalue weighted by Crippen LogP contribution is 2.18. The van der Waals surface area contributed by atoms with Crippen LogP contribution in [0.5, 0.6) is 0 Å². The highest BCUT2D eigenvalue weighted by Gasteiger charge is 2.22. The number of hydrogen-bond donors (Lipinski definition) is 0. The van der Waals surface area contributed by atoms with Gasteiger partial charge in [0.05, 0.1) is 17.4 Å². The second kappa shape index (κ2) is 5.84. The normalized spacial score (nSPS) is 27.2. The topological polar surface area (TPSA) is 63.7 Å². The highest BCUT2D eigenvalue weighted by molar-refractivity contribution is 7.91. The molecule has 0 amide bonds. The van der Waals surface area contributed by atoms with Crippen LogP contribution in [0.2, 0.25) is 0 Å². The molecule has 102 valence electrons. The van der Waals surface area contributed by atoms with Crippen LogP contribution in [0.15, 0.2) is 12.2 Å². The number of hydrogen-bond acceptors (Lipinski definition) is 5. The number of nitrogens with zero attached hydrogens (tertiary/aromatic N) is 1. The molecule has 1 saturated heterocycles. The van der Waals surface area contributed by atoms with Gasteiger partial charge in [0.2, 0.25) is 0 Å². The molecule has 0 radical (unpaired) electrons. The zero-order valence-corrected chi connectivity index (χ0v) is 11.2. The summed E-state index contributed by atoms with van der Waals surface area (Å²) in [5, 5.41) is 0. The molecule has 0 aromatic carbocycles. The third-order valence-electron chi connectivity index (χ3n) is 3.40. The fourth-order valence-electron chi connectivity index (χ4n) is 2.19.